The van der Waals surface area contributed by atoms with Gasteiger partial charge in [-0.25, -0.2) is 18.7 Å². The van der Waals surface area contributed by atoms with Gasteiger partial charge in [0.25, 0.3) is 0 Å². The molecular formula is C25H33F5N4O3. The third-order valence-electron chi connectivity index (χ3n) is 8.83. The molecule has 3 saturated heterocycles. The number of amides is 1. The van der Waals surface area contributed by atoms with Gasteiger partial charge in [0.05, 0.1) is 30.2 Å². The van der Waals surface area contributed by atoms with Crippen molar-refractivity contribution in [3.8, 4) is 0 Å². The molecule has 0 unspecified atom stereocenters. The number of carbonyl (C=O) groups excluding carboxylic acids is 1. The number of anilines is 1. The summed E-state index contributed by atoms with van der Waals surface area (Å²) in [7, 11) is 1.66. The van der Waals surface area contributed by atoms with Crippen molar-refractivity contribution in [1.29, 1.82) is 0 Å². The Bertz CT molecular complexity index is 982. The van der Waals surface area contributed by atoms with Crippen LogP contribution in [0.5, 0.6) is 0 Å². The third kappa shape index (κ3) is 5.28. The number of nitrogens with zero attached hydrogens (tertiary/aromatic N) is 4. The SMILES string of the molecule is CO[C@@H]1COCC[C@@H]1C[C@H]1CC[C@](CC(F)F)(C(=O)N2C[C@@H]3C[C@H]2CN3c2cc(C(F)(F)F)ncn2)C1. The zero-order chi connectivity index (χ0) is 26.4. The number of halogens is 5. The zero-order valence-corrected chi connectivity index (χ0v) is 20.8. The molecule has 0 aromatic carbocycles. The molecule has 6 atom stereocenters. The van der Waals surface area contributed by atoms with E-state index in [0.717, 1.165) is 31.7 Å². The molecule has 3 aliphatic heterocycles. The number of hydrogen-bond acceptors (Lipinski definition) is 6. The molecule has 0 spiro atoms. The van der Waals surface area contributed by atoms with Gasteiger partial charge in [-0.15, -0.1) is 0 Å². The van der Waals surface area contributed by atoms with E-state index in [1.807, 2.05) is 0 Å². The molecular weight excluding hydrogens is 499 g/mol. The van der Waals surface area contributed by atoms with Crippen LogP contribution >= 0.6 is 0 Å². The Morgan fingerprint density at radius 2 is 2.05 bits per heavy atom. The molecule has 4 heterocycles. The summed E-state index contributed by atoms with van der Waals surface area (Å²) in [4.78, 5) is 24.7. The first-order valence-corrected chi connectivity index (χ1v) is 13.0. The van der Waals surface area contributed by atoms with E-state index in [0.29, 0.717) is 45.6 Å². The molecule has 0 N–H and O–H groups in total. The van der Waals surface area contributed by atoms with Gasteiger partial charge < -0.3 is 19.3 Å². The normalized spacial score (nSPS) is 34.1. The minimum atomic E-state index is -4.58. The van der Waals surface area contributed by atoms with Crippen LogP contribution in [0.4, 0.5) is 27.8 Å². The molecule has 5 rings (SSSR count). The van der Waals surface area contributed by atoms with Crippen molar-refractivity contribution in [3.63, 3.8) is 0 Å². The maximum atomic E-state index is 13.8. The summed E-state index contributed by atoms with van der Waals surface area (Å²) in [6, 6.07) is 0.496. The number of alkyl halides is 5. The lowest BCUT2D eigenvalue weighted by molar-refractivity contribution is -0.146. The van der Waals surface area contributed by atoms with Crippen molar-refractivity contribution < 1.29 is 36.2 Å². The number of ether oxygens (including phenoxy) is 2. The van der Waals surface area contributed by atoms with Gasteiger partial charge in [0.2, 0.25) is 12.3 Å². The van der Waals surface area contributed by atoms with Crippen molar-refractivity contribution >= 4 is 11.7 Å². The zero-order valence-electron chi connectivity index (χ0n) is 20.8. The largest absolute Gasteiger partial charge is 0.433 e. The van der Waals surface area contributed by atoms with Crippen molar-refractivity contribution in [2.24, 2.45) is 17.3 Å². The molecule has 4 fully saturated rings. The Morgan fingerprint density at radius 3 is 2.73 bits per heavy atom. The highest BCUT2D eigenvalue weighted by molar-refractivity contribution is 5.84. The number of methoxy groups -OCH3 is 1. The minimum absolute atomic E-state index is 0.0190. The lowest BCUT2D eigenvalue weighted by Crippen LogP contribution is -2.53. The highest BCUT2D eigenvalue weighted by Crippen LogP contribution is 2.51. The second-order valence-electron chi connectivity index (χ2n) is 11.0. The van der Waals surface area contributed by atoms with E-state index in [1.165, 1.54) is 0 Å². The van der Waals surface area contributed by atoms with E-state index >= 15 is 0 Å². The summed E-state index contributed by atoms with van der Waals surface area (Å²) in [5.74, 6) is 0.402. The number of carbonyl (C=O) groups is 1. The lowest BCUT2D eigenvalue weighted by atomic mass is 9.78. The van der Waals surface area contributed by atoms with Crippen LogP contribution in [0.25, 0.3) is 0 Å². The van der Waals surface area contributed by atoms with Crippen LogP contribution in [-0.4, -0.2) is 78.8 Å². The first-order chi connectivity index (χ1) is 17.6. The summed E-state index contributed by atoms with van der Waals surface area (Å²) in [5.41, 5.74) is -2.11. The molecule has 12 heteroatoms. The van der Waals surface area contributed by atoms with E-state index < -0.39 is 30.1 Å². The molecule has 1 aromatic rings. The molecule has 4 aliphatic rings. The fraction of sp³-hybridized carbons (Fsp3) is 0.800. The Hall–Kier alpha value is -2.08. The van der Waals surface area contributed by atoms with E-state index in [2.05, 4.69) is 9.97 Å². The lowest BCUT2D eigenvalue weighted by Gasteiger charge is -2.40. The molecule has 1 aromatic heterocycles. The first-order valence-electron chi connectivity index (χ1n) is 13.0. The smallest absolute Gasteiger partial charge is 0.379 e. The number of piperazine rings is 1. The number of hydrogen-bond donors (Lipinski definition) is 0. The standard InChI is InChI=1S/C25H33F5N4O3/c1-36-19-13-37-5-3-16(19)6-15-2-4-24(9-15,10-21(26)27)23(35)34-12-17-7-18(34)11-33(17)22-8-20(25(28,29)30)31-14-32-22/h8,14-19,21H,2-7,9-13H2,1H3/t15-,16-,17+,18+,19-,24+/m1/s1. The summed E-state index contributed by atoms with van der Waals surface area (Å²) >= 11 is 0. The Balaban J connectivity index is 1.27. The molecule has 37 heavy (non-hydrogen) atoms. The highest BCUT2D eigenvalue weighted by Gasteiger charge is 2.54. The van der Waals surface area contributed by atoms with Crippen molar-refractivity contribution in [3.05, 3.63) is 18.1 Å². The topological polar surface area (TPSA) is 67.8 Å². The summed E-state index contributed by atoms with van der Waals surface area (Å²) in [6.07, 6.45) is -2.88. The van der Waals surface area contributed by atoms with E-state index in [1.54, 1.807) is 16.9 Å². The van der Waals surface area contributed by atoms with Gasteiger partial charge in [0, 0.05) is 39.3 Å². The van der Waals surface area contributed by atoms with Gasteiger partial charge in [0.15, 0.2) is 0 Å². The van der Waals surface area contributed by atoms with Crippen LogP contribution in [0.15, 0.2) is 12.4 Å². The van der Waals surface area contributed by atoms with Gasteiger partial charge in [0.1, 0.15) is 17.8 Å². The second-order valence-corrected chi connectivity index (χ2v) is 11.0. The molecule has 2 bridgehead atoms. The molecule has 1 aliphatic carbocycles. The van der Waals surface area contributed by atoms with Gasteiger partial charge >= 0.3 is 6.18 Å². The van der Waals surface area contributed by atoms with Crippen LogP contribution < -0.4 is 4.90 Å². The maximum Gasteiger partial charge on any atom is 0.433 e. The minimum Gasteiger partial charge on any atom is -0.379 e. The average molecular weight is 533 g/mol. The molecule has 7 nitrogen and oxygen atoms in total. The van der Waals surface area contributed by atoms with Crippen LogP contribution in [0.2, 0.25) is 0 Å². The molecule has 206 valence electrons. The van der Waals surface area contributed by atoms with Gasteiger partial charge in [-0.2, -0.15) is 13.2 Å². The number of aromatic nitrogens is 2. The highest BCUT2D eigenvalue weighted by atomic mass is 19.4. The Morgan fingerprint density at radius 1 is 1.24 bits per heavy atom. The third-order valence-corrected chi connectivity index (χ3v) is 8.83. The summed E-state index contributed by atoms with van der Waals surface area (Å²) < 4.78 is 78.0. The Labute approximate surface area is 212 Å². The van der Waals surface area contributed by atoms with Crippen LogP contribution in [0, 0.1) is 17.3 Å². The van der Waals surface area contributed by atoms with E-state index in [4.69, 9.17) is 9.47 Å². The van der Waals surface area contributed by atoms with E-state index in [9.17, 15) is 26.7 Å². The second kappa shape index (κ2) is 10.2. The van der Waals surface area contributed by atoms with Crippen molar-refractivity contribution in [2.45, 2.75) is 75.7 Å². The maximum absolute atomic E-state index is 13.8. The van der Waals surface area contributed by atoms with Gasteiger partial charge in [-0.05, 0) is 50.4 Å². The average Bonchev–Trinajstić information content (AvgIpc) is 3.58. The van der Waals surface area contributed by atoms with Crippen LogP contribution in [0.1, 0.15) is 50.6 Å². The number of likely N-dealkylation sites (tertiary alicyclic amines) is 1. The predicted molar refractivity (Wildman–Crippen MR) is 123 cm³/mol. The quantitative estimate of drug-likeness (QED) is 0.492. The van der Waals surface area contributed by atoms with Crippen molar-refractivity contribution in [1.82, 2.24) is 14.9 Å². The van der Waals surface area contributed by atoms with Crippen molar-refractivity contribution in [2.75, 3.05) is 38.3 Å². The molecule has 1 saturated carbocycles. The summed E-state index contributed by atoms with van der Waals surface area (Å²) in [5, 5.41) is 0. The van der Waals surface area contributed by atoms with Gasteiger partial charge in [-0.1, -0.05) is 0 Å². The van der Waals surface area contributed by atoms with E-state index in [-0.39, 0.29) is 41.7 Å². The molecule has 1 amide bonds. The fourth-order valence-electron chi connectivity index (χ4n) is 7.08. The summed E-state index contributed by atoms with van der Waals surface area (Å²) in [6.45, 7) is 1.81. The monoisotopic (exact) mass is 532 g/mol. The fourth-order valence-corrected chi connectivity index (χ4v) is 7.08. The number of rotatable bonds is 7. The van der Waals surface area contributed by atoms with Crippen LogP contribution in [-0.2, 0) is 20.4 Å². The Kier molecular flexibility index (Phi) is 7.34. The number of fused-ring (bicyclic) bond motifs is 2. The first kappa shape index (κ1) is 26.5. The predicted octanol–water partition coefficient (Wildman–Crippen LogP) is 4.17. The van der Waals surface area contributed by atoms with Crippen LogP contribution in [0.3, 0.4) is 0 Å². The van der Waals surface area contributed by atoms with Gasteiger partial charge in [-0.3, -0.25) is 4.79 Å². The molecule has 0 radical (unpaired) electrons.